The molecule has 0 aromatic heterocycles. The summed E-state index contributed by atoms with van der Waals surface area (Å²) in [6.07, 6.45) is 5.09. The van der Waals surface area contributed by atoms with Crippen molar-refractivity contribution in [2.24, 2.45) is 5.84 Å². The van der Waals surface area contributed by atoms with Gasteiger partial charge in [0.2, 0.25) is 0 Å². The average Bonchev–Trinajstić information content (AvgIpc) is 2.48. The maximum atomic E-state index is 12.5. The van der Waals surface area contributed by atoms with Crippen molar-refractivity contribution in [3.8, 4) is 0 Å². The minimum atomic E-state index is -0.264. The molecule has 4 nitrogen and oxygen atoms in total. The molecule has 1 heterocycles. The zero-order valence-corrected chi connectivity index (χ0v) is 14.9. The highest BCUT2D eigenvalue weighted by molar-refractivity contribution is 5.89. The summed E-state index contributed by atoms with van der Waals surface area (Å²) < 4.78 is 0. The number of anilines is 1. The smallest absolute Gasteiger partial charge is 0.256 e. The normalized spacial score (nSPS) is 17.3. The monoisotopic (exact) mass is 315 g/mol. The van der Waals surface area contributed by atoms with E-state index in [9.17, 15) is 4.79 Å². The molecule has 1 aromatic rings. The molecule has 0 unspecified atom stereocenters. The summed E-state index contributed by atoms with van der Waals surface area (Å²) in [7, 11) is 0. The highest BCUT2D eigenvalue weighted by atomic mass is 16.2. The number of aryl methyl sites for hydroxylation is 1. The summed E-state index contributed by atoms with van der Waals surface area (Å²) in [4.78, 5) is 14.7. The fraction of sp³-hybridized carbons (Fsp3) is 0.526. The fourth-order valence-corrected chi connectivity index (χ4v) is 3.60. The first-order chi connectivity index (χ1) is 10.8. The van der Waals surface area contributed by atoms with Crippen LogP contribution in [0, 0.1) is 6.92 Å². The summed E-state index contributed by atoms with van der Waals surface area (Å²) in [5.41, 5.74) is 6.89. The minimum absolute atomic E-state index is 0.119. The lowest BCUT2D eigenvalue weighted by Gasteiger charge is -2.47. The molecule has 1 amide bonds. The van der Waals surface area contributed by atoms with Gasteiger partial charge in [-0.1, -0.05) is 38.0 Å². The molecule has 1 atom stereocenters. The Morgan fingerprint density at radius 2 is 2.04 bits per heavy atom. The Balaban J connectivity index is 2.57. The quantitative estimate of drug-likeness (QED) is 0.496. The van der Waals surface area contributed by atoms with Crippen LogP contribution in [-0.4, -0.2) is 17.5 Å². The van der Waals surface area contributed by atoms with Gasteiger partial charge in [0.05, 0.1) is 5.54 Å². The van der Waals surface area contributed by atoms with Crippen LogP contribution in [-0.2, 0) is 4.79 Å². The van der Waals surface area contributed by atoms with E-state index in [2.05, 4.69) is 69.2 Å². The maximum absolute atomic E-state index is 12.5. The molecule has 23 heavy (non-hydrogen) atoms. The van der Waals surface area contributed by atoms with Gasteiger partial charge in [-0.25, -0.2) is 5.84 Å². The molecular formula is C19H29N3O. The van der Waals surface area contributed by atoms with Crippen LogP contribution >= 0.6 is 0 Å². The van der Waals surface area contributed by atoms with Crippen molar-refractivity contribution < 1.29 is 4.79 Å². The number of rotatable bonds is 5. The van der Waals surface area contributed by atoms with E-state index >= 15 is 0 Å². The molecule has 0 bridgehead atoms. The molecule has 0 aliphatic carbocycles. The summed E-state index contributed by atoms with van der Waals surface area (Å²) in [6, 6.07) is 6.18. The molecule has 0 saturated carbocycles. The summed E-state index contributed by atoms with van der Waals surface area (Å²) in [5, 5.41) is 0. The van der Waals surface area contributed by atoms with Crippen LogP contribution in [0.3, 0.4) is 0 Å². The van der Waals surface area contributed by atoms with Gasteiger partial charge in [-0.05, 0) is 51.3 Å². The second-order valence-corrected chi connectivity index (χ2v) is 7.04. The van der Waals surface area contributed by atoms with Gasteiger partial charge in [-0.2, -0.15) is 0 Å². The number of amides is 1. The Hall–Kier alpha value is -1.81. The van der Waals surface area contributed by atoms with Crippen molar-refractivity contribution in [1.82, 2.24) is 5.43 Å². The molecule has 2 rings (SSSR count). The van der Waals surface area contributed by atoms with E-state index in [1.165, 1.54) is 16.7 Å². The predicted octanol–water partition coefficient (Wildman–Crippen LogP) is 3.55. The Labute approximate surface area is 139 Å². The number of hydrogen-bond donors (Lipinski definition) is 2. The lowest BCUT2D eigenvalue weighted by atomic mass is 9.85. The fourth-order valence-electron chi connectivity index (χ4n) is 3.60. The maximum Gasteiger partial charge on any atom is 0.256 e. The molecule has 126 valence electrons. The summed E-state index contributed by atoms with van der Waals surface area (Å²) in [5.74, 6) is 5.36. The highest BCUT2D eigenvalue weighted by Crippen LogP contribution is 2.41. The minimum Gasteiger partial charge on any atom is -0.350 e. The first kappa shape index (κ1) is 17.5. The molecule has 4 heteroatoms. The third kappa shape index (κ3) is 3.42. The van der Waals surface area contributed by atoms with E-state index in [1.807, 2.05) is 0 Å². The summed E-state index contributed by atoms with van der Waals surface area (Å²) >= 11 is 0. The van der Waals surface area contributed by atoms with Crippen molar-refractivity contribution in [3.05, 3.63) is 35.4 Å². The van der Waals surface area contributed by atoms with Crippen LogP contribution in [0.5, 0.6) is 0 Å². The standard InChI is InChI=1S/C19H29N3O/c1-6-7-8-16(18(23)21-20)22-17-11-13(2)9-10-15(17)14(3)12-19(22,4)5/h9-12,16H,6-8,20H2,1-5H3,(H,21,23)/t16-/m0/s1. The number of unbranched alkanes of at least 4 members (excludes halogenated alkanes) is 1. The molecule has 3 N–H and O–H groups in total. The van der Waals surface area contributed by atoms with E-state index in [-0.39, 0.29) is 17.5 Å². The first-order valence-electron chi connectivity index (χ1n) is 8.42. The van der Waals surface area contributed by atoms with Gasteiger partial charge in [0, 0.05) is 11.3 Å². The van der Waals surface area contributed by atoms with Crippen molar-refractivity contribution in [3.63, 3.8) is 0 Å². The molecule has 1 aliphatic heterocycles. The van der Waals surface area contributed by atoms with Crippen LogP contribution < -0.4 is 16.2 Å². The van der Waals surface area contributed by atoms with E-state index < -0.39 is 0 Å². The van der Waals surface area contributed by atoms with Crippen molar-refractivity contribution in [1.29, 1.82) is 0 Å². The Morgan fingerprint density at radius 3 is 2.65 bits per heavy atom. The lowest BCUT2D eigenvalue weighted by molar-refractivity contribution is -0.122. The number of hydrazine groups is 1. The van der Waals surface area contributed by atoms with Gasteiger partial charge < -0.3 is 4.90 Å². The largest absolute Gasteiger partial charge is 0.350 e. The van der Waals surface area contributed by atoms with E-state index in [4.69, 9.17) is 5.84 Å². The number of fused-ring (bicyclic) bond motifs is 1. The van der Waals surface area contributed by atoms with Crippen molar-refractivity contribution in [2.45, 2.75) is 65.5 Å². The number of nitrogens with two attached hydrogens (primary N) is 1. The number of allylic oxidation sites excluding steroid dienone is 1. The highest BCUT2D eigenvalue weighted by Gasteiger charge is 2.38. The Morgan fingerprint density at radius 1 is 1.35 bits per heavy atom. The second kappa shape index (κ2) is 6.75. The average molecular weight is 315 g/mol. The van der Waals surface area contributed by atoms with E-state index in [0.29, 0.717) is 0 Å². The van der Waals surface area contributed by atoms with Gasteiger partial charge in [0.15, 0.2) is 0 Å². The van der Waals surface area contributed by atoms with Crippen LogP contribution in [0.25, 0.3) is 5.57 Å². The number of carbonyl (C=O) groups is 1. The Bertz CT molecular complexity index is 619. The van der Waals surface area contributed by atoms with E-state index in [1.54, 1.807) is 0 Å². The molecule has 1 aromatic carbocycles. The molecule has 1 aliphatic rings. The molecule has 0 radical (unpaired) electrons. The van der Waals surface area contributed by atoms with Crippen LogP contribution in [0.1, 0.15) is 58.1 Å². The predicted molar refractivity (Wildman–Crippen MR) is 97.0 cm³/mol. The Kier molecular flexibility index (Phi) is 5.15. The first-order valence-corrected chi connectivity index (χ1v) is 8.42. The SMILES string of the molecule is CCCC[C@@H](C(=O)NN)N1c2cc(C)ccc2C(C)=CC1(C)C. The van der Waals surface area contributed by atoms with Crippen molar-refractivity contribution in [2.75, 3.05) is 4.90 Å². The number of hydrogen-bond acceptors (Lipinski definition) is 3. The number of nitrogens with zero attached hydrogens (tertiary/aromatic N) is 1. The van der Waals surface area contributed by atoms with Gasteiger partial charge >= 0.3 is 0 Å². The third-order valence-electron chi connectivity index (χ3n) is 4.62. The van der Waals surface area contributed by atoms with Crippen LogP contribution in [0.4, 0.5) is 5.69 Å². The van der Waals surface area contributed by atoms with Crippen LogP contribution in [0.15, 0.2) is 24.3 Å². The molecule has 0 spiro atoms. The third-order valence-corrected chi connectivity index (χ3v) is 4.62. The molecule has 0 saturated heterocycles. The number of nitrogens with one attached hydrogen (secondary N) is 1. The topological polar surface area (TPSA) is 58.4 Å². The van der Waals surface area contributed by atoms with Gasteiger partial charge in [0.1, 0.15) is 6.04 Å². The molecule has 0 fully saturated rings. The second-order valence-electron chi connectivity index (χ2n) is 7.04. The zero-order chi connectivity index (χ0) is 17.2. The van der Waals surface area contributed by atoms with E-state index in [0.717, 1.165) is 24.9 Å². The van der Waals surface area contributed by atoms with Gasteiger partial charge in [-0.3, -0.25) is 10.2 Å². The molecular weight excluding hydrogens is 286 g/mol. The van der Waals surface area contributed by atoms with Crippen molar-refractivity contribution >= 4 is 17.2 Å². The van der Waals surface area contributed by atoms with Crippen LogP contribution in [0.2, 0.25) is 0 Å². The zero-order valence-electron chi connectivity index (χ0n) is 14.9. The number of benzene rings is 1. The lowest BCUT2D eigenvalue weighted by Crippen LogP contribution is -2.57. The van der Waals surface area contributed by atoms with Gasteiger partial charge in [0.25, 0.3) is 5.91 Å². The number of carbonyl (C=O) groups excluding carboxylic acids is 1. The summed E-state index contributed by atoms with van der Waals surface area (Å²) in [6.45, 7) is 10.7. The van der Waals surface area contributed by atoms with Gasteiger partial charge in [-0.15, -0.1) is 0 Å².